The van der Waals surface area contributed by atoms with Crippen LogP contribution in [-0.4, -0.2) is 23.9 Å². The molecule has 1 aliphatic heterocycles. The van der Waals surface area contributed by atoms with Crippen molar-refractivity contribution < 1.29 is 9.84 Å². The smallest absolute Gasteiger partial charge is 0.0837 e. The minimum Gasteiger partial charge on any atom is -0.390 e. The van der Waals surface area contributed by atoms with Gasteiger partial charge in [0, 0.05) is 6.61 Å². The Labute approximate surface area is 87.7 Å². The molecule has 1 saturated heterocycles. The van der Waals surface area contributed by atoms with Gasteiger partial charge in [-0.25, -0.2) is 0 Å². The third-order valence-electron chi connectivity index (χ3n) is 3.28. The molecule has 1 heterocycles. The summed E-state index contributed by atoms with van der Waals surface area (Å²) in [5.74, 6) is 0.443. The van der Waals surface area contributed by atoms with E-state index in [1.807, 2.05) is 0 Å². The Morgan fingerprint density at radius 2 is 2.21 bits per heavy atom. The number of unbranched alkanes of at least 4 members (excludes halogenated alkanes) is 1. The van der Waals surface area contributed by atoms with Gasteiger partial charge in [-0.3, -0.25) is 0 Å². The first-order valence-electron chi connectivity index (χ1n) is 6.09. The lowest BCUT2D eigenvalue weighted by atomic mass is 9.89. The van der Waals surface area contributed by atoms with Gasteiger partial charge in [-0.05, 0) is 25.2 Å². The van der Waals surface area contributed by atoms with Gasteiger partial charge in [0.05, 0.1) is 12.2 Å². The number of hydrogen-bond donors (Lipinski definition) is 1. The summed E-state index contributed by atoms with van der Waals surface area (Å²) < 4.78 is 5.53. The summed E-state index contributed by atoms with van der Waals surface area (Å²) in [5.41, 5.74) is 0. The van der Waals surface area contributed by atoms with Gasteiger partial charge in [-0.15, -0.1) is 0 Å². The zero-order valence-corrected chi connectivity index (χ0v) is 9.54. The highest BCUT2D eigenvalue weighted by molar-refractivity contribution is 4.79. The Bertz CT molecular complexity index is 141. The summed E-state index contributed by atoms with van der Waals surface area (Å²) in [5, 5.41) is 10.1. The molecule has 0 spiro atoms. The fraction of sp³-hybridized carbons (Fsp3) is 1.00. The Hall–Kier alpha value is -0.0800. The topological polar surface area (TPSA) is 29.5 Å². The fourth-order valence-corrected chi connectivity index (χ4v) is 2.26. The minimum absolute atomic E-state index is 0.122. The molecule has 0 aliphatic carbocycles. The van der Waals surface area contributed by atoms with Gasteiger partial charge in [0.25, 0.3) is 0 Å². The number of ether oxygens (including phenoxy) is 1. The second-order valence-electron chi connectivity index (χ2n) is 4.35. The molecule has 1 aliphatic rings. The zero-order valence-electron chi connectivity index (χ0n) is 9.54. The van der Waals surface area contributed by atoms with Crippen molar-refractivity contribution in [3.8, 4) is 0 Å². The van der Waals surface area contributed by atoms with Gasteiger partial charge in [-0.2, -0.15) is 0 Å². The maximum absolute atomic E-state index is 10.1. The van der Waals surface area contributed by atoms with Crippen molar-refractivity contribution in [1.29, 1.82) is 0 Å². The summed E-state index contributed by atoms with van der Waals surface area (Å²) in [6.07, 6.45) is 6.72. The molecule has 3 atom stereocenters. The zero-order chi connectivity index (χ0) is 10.4. The predicted octanol–water partition coefficient (Wildman–Crippen LogP) is 2.74. The van der Waals surface area contributed by atoms with E-state index in [4.69, 9.17) is 4.74 Å². The van der Waals surface area contributed by atoms with Gasteiger partial charge in [-0.1, -0.05) is 33.1 Å². The van der Waals surface area contributed by atoms with Crippen LogP contribution in [0.25, 0.3) is 0 Å². The summed E-state index contributed by atoms with van der Waals surface area (Å²) >= 11 is 0. The highest BCUT2D eigenvalue weighted by Crippen LogP contribution is 2.25. The summed E-state index contributed by atoms with van der Waals surface area (Å²) in [4.78, 5) is 0. The maximum atomic E-state index is 10.1. The molecule has 0 bridgehead atoms. The number of aliphatic hydroxyl groups is 1. The fourth-order valence-electron chi connectivity index (χ4n) is 2.26. The normalized spacial score (nSPS) is 26.4. The van der Waals surface area contributed by atoms with E-state index >= 15 is 0 Å². The van der Waals surface area contributed by atoms with E-state index in [0.717, 1.165) is 32.3 Å². The van der Waals surface area contributed by atoms with Crippen LogP contribution in [-0.2, 0) is 4.74 Å². The summed E-state index contributed by atoms with van der Waals surface area (Å²) in [6.45, 7) is 5.20. The average Bonchev–Trinajstić information content (AvgIpc) is 2.71. The molecule has 84 valence electrons. The highest BCUT2D eigenvalue weighted by Gasteiger charge is 2.29. The van der Waals surface area contributed by atoms with Crippen LogP contribution in [0.2, 0.25) is 0 Å². The quantitative estimate of drug-likeness (QED) is 0.714. The van der Waals surface area contributed by atoms with E-state index < -0.39 is 0 Å². The van der Waals surface area contributed by atoms with Crippen molar-refractivity contribution in [3.63, 3.8) is 0 Å². The van der Waals surface area contributed by atoms with Crippen molar-refractivity contribution in [2.24, 2.45) is 5.92 Å². The second-order valence-corrected chi connectivity index (χ2v) is 4.35. The Kier molecular flexibility index (Phi) is 5.49. The third kappa shape index (κ3) is 3.25. The minimum atomic E-state index is -0.228. The molecule has 2 nitrogen and oxygen atoms in total. The van der Waals surface area contributed by atoms with E-state index in [0.29, 0.717) is 5.92 Å². The average molecular weight is 200 g/mol. The molecule has 0 aromatic carbocycles. The van der Waals surface area contributed by atoms with E-state index in [1.165, 1.54) is 12.8 Å². The first kappa shape index (κ1) is 12.0. The second kappa shape index (κ2) is 6.41. The van der Waals surface area contributed by atoms with Crippen molar-refractivity contribution >= 4 is 0 Å². The van der Waals surface area contributed by atoms with Crippen LogP contribution in [0.3, 0.4) is 0 Å². The highest BCUT2D eigenvalue weighted by atomic mass is 16.5. The Morgan fingerprint density at radius 3 is 2.71 bits per heavy atom. The molecular weight excluding hydrogens is 176 g/mol. The van der Waals surface area contributed by atoms with Crippen LogP contribution in [0.5, 0.6) is 0 Å². The van der Waals surface area contributed by atoms with Crippen LogP contribution in [0, 0.1) is 5.92 Å². The number of hydrogen-bond acceptors (Lipinski definition) is 2. The molecule has 3 unspecified atom stereocenters. The van der Waals surface area contributed by atoms with Crippen LogP contribution < -0.4 is 0 Å². The first-order chi connectivity index (χ1) is 6.79. The SMILES string of the molecule is CCCCC(CC)C(O)C1CCCO1. The van der Waals surface area contributed by atoms with Crippen LogP contribution in [0.15, 0.2) is 0 Å². The van der Waals surface area contributed by atoms with Crippen molar-refractivity contribution in [2.75, 3.05) is 6.61 Å². The lowest BCUT2D eigenvalue weighted by Gasteiger charge is -2.25. The third-order valence-corrected chi connectivity index (χ3v) is 3.28. The first-order valence-corrected chi connectivity index (χ1v) is 6.09. The largest absolute Gasteiger partial charge is 0.390 e. The maximum Gasteiger partial charge on any atom is 0.0837 e. The van der Waals surface area contributed by atoms with E-state index in [1.54, 1.807) is 0 Å². The van der Waals surface area contributed by atoms with Crippen molar-refractivity contribution in [2.45, 2.75) is 64.6 Å². The molecular formula is C12H24O2. The van der Waals surface area contributed by atoms with Gasteiger partial charge in [0.15, 0.2) is 0 Å². The molecule has 2 heteroatoms. The van der Waals surface area contributed by atoms with E-state index in [9.17, 15) is 5.11 Å². The Balaban J connectivity index is 2.33. The van der Waals surface area contributed by atoms with Gasteiger partial charge >= 0.3 is 0 Å². The molecule has 0 amide bonds. The monoisotopic (exact) mass is 200 g/mol. The molecule has 1 N–H and O–H groups in total. The number of rotatable bonds is 6. The molecule has 1 rings (SSSR count). The van der Waals surface area contributed by atoms with E-state index in [2.05, 4.69) is 13.8 Å². The van der Waals surface area contributed by atoms with Crippen LogP contribution >= 0.6 is 0 Å². The van der Waals surface area contributed by atoms with Gasteiger partial charge < -0.3 is 9.84 Å². The van der Waals surface area contributed by atoms with Crippen LogP contribution in [0.1, 0.15) is 52.4 Å². The van der Waals surface area contributed by atoms with Crippen molar-refractivity contribution in [1.82, 2.24) is 0 Å². The molecule has 0 saturated carbocycles. The van der Waals surface area contributed by atoms with Crippen molar-refractivity contribution in [3.05, 3.63) is 0 Å². The summed E-state index contributed by atoms with van der Waals surface area (Å²) in [7, 11) is 0. The summed E-state index contributed by atoms with van der Waals surface area (Å²) in [6, 6.07) is 0. The molecule has 0 aromatic rings. The molecule has 1 fully saturated rings. The van der Waals surface area contributed by atoms with Gasteiger partial charge in [0.1, 0.15) is 0 Å². The lowest BCUT2D eigenvalue weighted by molar-refractivity contribution is -0.0353. The molecule has 14 heavy (non-hydrogen) atoms. The standard InChI is InChI=1S/C12H24O2/c1-3-5-7-10(4-2)12(13)11-8-6-9-14-11/h10-13H,3-9H2,1-2H3. The van der Waals surface area contributed by atoms with Crippen LogP contribution in [0.4, 0.5) is 0 Å². The molecule has 0 aromatic heterocycles. The molecule has 0 radical (unpaired) electrons. The predicted molar refractivity (Wildman–Crippen MR) is 58.3 cm³/mol. The van der Waals surface area contributed by atoms with E-state index in [-0.39, 0.29) is 12.2 Å². The number of aliphatic hydroxyl groups excluding tert-OH is 1. The Morgan fingerprint density at radius 1 is 1.43 bits per heavy atom. The van der Waals surface area contributed by atoms with Gasteiger partial charge in [0.2, 0.25) is 0 Å². The lowest BCUT2D eigenvalue weighted by Crippen LogP contribution is -2.32.